The predicted octanol–water partition coefficient (Wildman–Crippen LogP) is 1.93. The van der Waals surface area contributed by atoms with Crippen LogP contribution >= 0.6 is 0 Å². The van der Waals surface area contributed by atoms with Gasteiger partial charge in [0.2, 0.25) is 5.89 Å². The predicted molar refractivity (Wildman–Crippen MR) is 65.1 cm³/mol. The van der Waals surface area contributed by atoms with Crippen molar-refractivity contribution in [1.29, 1.82) is 0 Å². The number of aliphatic hydroxyl groups excluding tert-OH is 1. The van der Waals surface area contributed by atoms with Crippen molar-refractivity contribution in [1.82, 2.24) is 10.1 Å². The summed E-state index contributed by atoms with van der Waals surface area (Å²) >= 11 is 0. The van der Waals surface area contributed by atoms with Crippen LogP contribution in [0.25, 0.3) is 0 Å². The molecule has 5 heteroatoms. The van der Waals surface area contributed by atoms with Crippen molar-refractivity contribution in [3.8, 4) is 0 Å². The maximum atomic E-state index is 9.64. The minimum atomic E-state index is -0.449. The molecule has 1 N–H and O–H groups in total. The average Bonchev–Trinajstić information content (AvgIpc) is 2.80. The first-order chi connectivity index (χ1) is 8.22. The zero-order valence-corrected chi connectivity index (χ0v) is 10.6. The lowest BCUT2D eigenvalue weighted by Gasteiger charge is -2.24. The van der Waals surface area contributed by atoms with Crippen LogP contribution in [0.5, 0.6) is 0 Å². The van der Waals surface area contributed by atoms with Gasteiger partial charge < -0.3 is 14.5 Å². The van der Waals surface area contributed by atoms with Crippen molar-refractivity contribution in [3.05, 3.63) is 5.89 Å². The molecule has 17 heavy (non-hydrogen) atoms. The third-order valence-electron chi connectivity index (χ3n) is 3.41. The Morgan fingerprint density at radius 3 is 2.65 bits per heavy atom. The maximum absolute atomic E-state index is 9.64. The van der Waals surface area contributed by atoms with Crippen LogP contribution < -0.4 is 4.90 Å². The first-order valence-corrected chi connectivity index (χ1v) is 6.49. The van der Waals surface area contributed by atoms with E-state index < -0.39 is 6.10 Å². The normalized spacial score (nSPS) is 20.3. The molecule has 1 aromatic heterocycles. The van der Waals surface area contributed by atoms with Crippen LogP contribution in [0.15, 0.2) is 4.52 Å². The van der Waals surface area contributed by atoms with Gasteiger partial charge in [-0.1, -0.05) is 6.92 Å². The number of anilines is 1. The monoisotopic (exact) mass is 239 g/mol. The van der Waals surface area contributed by atoms with E-state index in [1.165, 1.54) is 19.3 Å². The van der Waals surface area contributed by atoms with E-state index in [-0.39, 0.29) is 5.92 Å². The molecule has 2 heterocycles. The summed E-state index contributed by atoms with van der Waals surface area (Å²) in [5.74, 6) is 1.18. The first-order valence-electron chi connectivity index (χ1n) is 6.49. The Morgan fingerprint density at radius 2 is 2.06 bits per heavy atom. The summed E-state index contributed by atoms with van der Waals surface area (Å²) in [6.07, 6.45) is 4.02. The highest BCUT2D eigenvalue weighted by atomic mass is 16.5. The van der Waals surface area contributed by atoms with Crippen molar-refractivity contribution >= 4 is 5.95 Å². The minimum Gasteiger partial charge on any atom is -0.393 e. The summed E-state index contributed by atoms with van der Waals surface area (Å²) in [6, 6.07) is 0. The highest BCUT2D eigenvalue weighted by Gasteiger charge is 2.24. The Morgan fingerprint density at radius 1 is 1.35 bits per heavy atom. The molecule has 96 valence electrons. The molecule has 0 bridgehead atoms. The molecule has 0 aromatic carbocycles. The van der Waals surface area contributed by atoms with Crippen molar-refractivity contribution in [3.63, 3.8) is 0 Å². The molecule has 1 aliphatic rings. The van der Waals surface area contributed by atoms with E-state index in [0.717, 1.165) is 19.5 Å². The third-order valence-corrected chi connectivity index (χ3v) is 3.41. The molecule has 0 spiro atoms. The van der Waals surface area contributed by atoms with Gasteiger partial charge in [0.1, 0.15) is 0 Å². The molecule has 0 radical (unpaired) electrons. The van der Waals surface area contributed by atoms with Gasteiger partial charge in [0.15, 0.2) is 0 Å². The van der Waals surface area contributed by atoms with Crippen LogP contribution in [0.2, 0.25) is 0 Å². The molecular formula is C12H21N3O2. The number of aromatic nitrogens is 2. The Labute approximate surface area is 102 Å². The van der Waals surface area contributed by atoms with Crippen LogP contribution in [-0.4, -0.2) is 34.4 Å². The molecule has 1 aliphatic heterocycles. The van der Waals surface area contributed by atoms with Gasteiger partial charge in [-0.15, -0.1) is 0 Å². The SMILES string of the molecule is CCC(c1nc(N2CCCCC2)no1)C(C)O. The topological polar surface area (TPSA) is 62.4 Å². The van der Waals surface area contributed by atoms with Gasteiger partial charge in [0, 0.05) is 13.1 Å². The number of piperidine rings is 1. The molecule has 1 saturated heterocycles. The first kappa shape index (κ1) is 12.4. The smallest absolute Gasteiger partial charge is 0.266 e. The lowest BCUT2D eigenvalue weighted by atomic mass is 10.0. The summed E-state index contributed by atoms with van der Waals surface area (Å²) < 4.78 is 5.27. The van der Waals surface area contributed by atoms with E-state index >= 15 is 0 Å². The number of aliphatic hydroxyl groups is 1. The Hall–Kier alpha value is -1.10. The minimum absolute atomic E-state index is 0.0546. The van der Waals surface area contributed by atoms with Crippen molar-refractivity contribution < 1.29 is 9.63 Å². The van der Waals surface area contributed by atoms with E-state index in [9.17, 15) is 5.11 Å². The number of rotatable bonds is 4. The molecule has 1 aromatic rings. The van der Waals surface area contributed by atoms with E-state index in [0.29, 0.717) is 11.8 Å². The van der Waals surface area contributed by atoms with E-state index in [4.69, 9.17) is 4.52 Å². The van der Waals surface area contributed by atoms with Gasteiger partial charge in [-0.25, -0.2) is 0 Å². The van der Waals surface area contributed by atoms with Gasteiger partial charge in [-0.05, 0) is 37.8 Å². The number of nitrogens with zero attached hydrogens (tertiary/aromatic N) is 3. The lowest BCUT2D eigenvalue weighted by molar-refractivity contribution is 0.141. The fourth-order valence-electron chi connectivity index (χ4n) is 2.32. The summed E-state index contributed by atoms with van der Waals surface area (Å²) in [5, 5.41) is 13.7. The van der Waals surface area contributed by atoms with Crippen LogP contribution in [0, 0.1) is 0 Å². The van der Waals surface area contributed by atoms with Crippen molar-refractivity contribution in [2.45, 2.75) is 51.6 Å². The van der Waals surface area contributed by atoms with Crippen molar-refractivity contribution in [2.75, 3.05) is 18.0 Å². The Balaban J connectivity index is 2.08. The number of hydrogen-bond acceptors (Lipinski definition) is 5. The van der Waals surface area contributed by atoms with Crippen LogP contribution in [0.3, 0.4) is 0 Å². The molecule has 5 nitrogen and oxygen atoms in total. The van der Waals surface area contributed by atoms with Gasteiger partial charge in [0.25, 0.3) is 5.95 Å². The molecular weight excluding hydrogens is 218 g/mol. The van der Waals surface area contributed by atoms with E-state index in [1.54, 1.807) is 6.92 Å². The second-order valence-electron chi connectivity index (χ2n) is 4.74. The molecule has 0 amide bonds. The second kappa shape index (κ2) is 5.49. The largest absolute Gasteiger partial charge is 0.393 e. The third kappa shape index (κ3) is 2.77. The Bertz CT molecular complexity index is 345. The zero-order valence-electron chi connectivity index (χ0n) is 10.6. The van der Waals surface area contributed by atoms with Gasteiger partial charge >= 0.3 is 0 Å². The van der Waals surface area contributed by atoms with Gasteiger partial charge in [-0.3, -0.25) is 0 Å². The Kier molecular flexibility index (Phi) is 3.99. The summed E-state index contributed by atoms with van der Waals surface area (Å²) in [7, 11) is 0. The average molecular weight is 239 g/mol. The lowest BCUT2D eigenvalue weighted by Crippen LogP contribution is -2.30. The number of hydrogen-bond donors (Lipinski definition) is 1. The molecule has 0 aliphatic carbocycles. The van der Waals surface area contributed by atoms with Gasteiger partial charge in [-0.2, -0.15) is 4.98 Å². The molecule has 2 atom stereocenters. The van der Waals surface area contributed by atoms with Crippen LogP contribution in [0.1, 0.15) is 51.3 Å². The molecule has 1 fully saturated rings. The molecule has 0 saturated carbocycles. The molecule has 2 unspecified atom stereocenters. The fraction of sp³-hybridized carbons (Fsp3) is 0.833. The fourth-order valence-corrected chi connectivity index (χ4v) is 2.32. The van der Waals surface area contributed by atoms with Crippen LogP contribution in [0.4, 0.5) is 5.95 Å². The van der Waals surface area contributed by atoms with Crippen molar-refractivity contribution in [2.24, 2.45) is 0 Å². The summed E-state index contributed by atoms with van der Waals surface area (Å²) in [6.45, 7) is 5.79. The highest BCUT2D eigenvalue weighted by Crippen LogP contribution is 2.24. The summed E-state index contributed by atoms with van der Waals surface area (Å²) in [5.41, 5.74) is 0. The quantitative estimate of drug-likeness (QED) is 0.870. The maximum Gasteiger partial charge on any atom is 0.266 e. The second-order valence-corrected chi connectivity index (χ2v) is 4.74. The highest BCUT2D eigenvalue weighted by molar-refractivity contribution is 5.28. The van der Waals surface area contributed by atoms with Crippen LogP contribution in [-0.2, 0) is 0 Å². The van der Waals surface area contributed by atoms with E-state index in [2.05, 4.69) is 15.0 Å². The molecule has 2 rings (SSSR count). The zero-order chi connectivity index (χ0) is 12.3. The van der Waals surface area contributed by atoms with E-state index in [1.807, 2.05) is 6.92 Å². The van der Waals surface area contributed by atoms with Gasteiger partial charge in [0.05, 0.1) is 12.0 Å². The standard InChI is InChI=1S/C12H21N3O2/c1-3-10(9(2)16)11-13-12(14-17-11)15-7-5-4-6-8-15/h9-10,16H,3-8H2,1-2H3. The summed E-state index contributed by atoms with van der Waals surface area (Å²) in [4.78, 5) is 6.57.